The van der Waals surface area contributed by atoms with Crippen molar-refractivity contribution >= 4 is 23.4 Å². The second-order valence-electron chi connectivity index (χ2n) is 4.12. The van der Waals surface area contributed by atoms with Gasteiger partial charge in [0.1, 0.15) is 5.03 Å². The minimum Gasteiger partial charge on any atom is -0.394 e. The van der Waals surface area contributed by atoms with Crippen molar-refractivity contribution < 1.29 is 5.11 Å². The predicted octanol–water partition coefficient (Wildman–Crippen LogP) is 2.71. The first kappa shape index (κ1) is 14.8. The van der Waals surface area contributed by atoms with Gasteiger partial charge in [-0.3, -0.25) is 0 Å². The summed E-state index contributed by atoms with van der Waals surface area (Å²) in [6.45, 7) is 2.04. The van der Waals surface area contributed by atoms with E-state index in [1.807, 2.05) is 19.1 Å². The van der Waals surface area contributed by atoms with Crippen molar-refractivity contribution in [1.29, 1.82) is 0 Å². The molecule has 0 saturated carbocycles. The van der Waals surface area contributed by atoms with E-state index in [0.717, 1.165) is 30.0 Å². The molecule has 1 aromatic rings. The van der Waals surface area contributed by atoms with Crippen LogP contribution < -0.4 is 5.73 Å². The standard InChI is InChI=1S/C12H19ClN2OS/c1-2-12(14,9-16)6-4-8-17-11-10(13)5-3-7-15-11/h3,5,7,16H,2,4,6,8-9,14H2,1H3. The quantitative estimate of drug-likeness (QED) is 0.593. The summed E-state index contributed by atoms with van der Waals surface area (Å²) >= 11 is 7.63. The Morgan fingerprint density at radius 3 is 2.94 bits per heavy atom. The van der Waals surface area contributed by atoms with Crippen LogP contribution in [0.3, 0.4) is 0 Å². The number of nitrogens with two attached hydrogens (primary N) is 1. The SMILES string of the molecule is CCC(N)(CO)CCCSc1ncccc1Cl. The van der Waals surface area contributed by atoms with Crippen LogP contribution in [-0.2, 0) is 0 Å². The highest BCUT2D eigenvalue weighted by molar-refractivity contribution is 7.99. The van der Waals surface area contributed by atoms with Gasteiger partial charge in [0.05, 0.1) is 11.6 Å². The van der Waals surface area contributed by atoms with Gasteiger partial charge in [0.15, 0.2) is 0 Å². The summed E-state index contributed by atoms with van der Waals surface area (Å²) in [6, 6.07) is 3.66. The summed E-state index contributed by atoms with van der Waals surface area (Å²) in [7, 11) is 0. The zero-order valence-corrected chi connectivity index (χ0v) is 11.6. The van der Waals surface area contributed by atoms with Crippen molar-refractivity contribution in [3.8, 4) is 0 Å². The molecule has 1 unspecified atom stereocenters. The highest BCUT2D eigenvalue weighted by Crippen LogP contribution is 2.25. The Morgan fingerprint density at radius 1 is 1.59 bits per heavy atom. The number of nitrogens with zero attached hydrogens (tertiary/aromatic N) is 1. The van der Waals surface area contributed by atoms with E-state index >= 15 is 0 Å². The molecule has 96 valence electrons. The maximum atomic E-state index is 9.18. The van der Waals surface area contributed by atoms with Gasteiger partial charge in [0.2, 0.25) is 0 Å². The number of aromatic nitrogens is 1. The van der Waals surface area contributed by atoms with Gasteiger partial charge < -0.3 is 10.8 Å². The fraction of sp³-hybridized carbons (Fsp3) is 0.583. The number of rotatable bonds is 7. The summed E-state index contributed by atoms with van der Waals surface area (Å²) in [6.07, 6.45) is 4.29. The number of thioether (sulfide) groups is 1. The van der Waals surface area contributed by atoms with E-state index in [1.54, 1.807) is 18.0 Å². The van der Waals surface area contributed by atoms with Crippen LogP contribution in [-0.4, -0.2) is 28.0 Å². The van der Waals surface area contributed by atoms with Gasteiger partial charge in [-0.05, 0) is 37.1 Å². The molecule has 1 rings (SSSR count). The third-order valence-corrected chi connectivity index (χ3v) is 4.31. The number of hydrogen-bond donors (Lipinski definition) is 2. The molecule has 0 aliphatic carbocycles. The Bertz CT molecular complexity index is 345. The van der Waals surface area contributed by atoms with Gasteiger partial charge in [-0.1, -0.05) is 18.5 Å². The molecule has 0 saturated heterocycles. The molecule has 3 nitrogen and oxygen atoms in total. The van der Waals surface area contributed by atoms with Crippen LogP contribution in [0.5, 0.6) is 0 Å². The van der Waals surface area contributed by atoms with E-state index in [-0.39, 0.29) is 6.61 Å². The monoisotopic (exact) mass is 274 g/mol. The van der Waals surface area contributed by atoms with E-state index in [1.165, 1.54) is 0 Å². The zero-order valence-electron chi connectivity index (χ0n) is 10.0. The van der Waals surface area contributed by atoms with Crippen LogP contribution in [0, 0.1) is 0 Å². The Morgan fingerprint density at radius 2 is 2.35 bits per heavy atom. The molecule has 3 N–H and O–H groups in total. The molecule has 0 aliphatic heterocycles. The maximum absolute atomic E-state index is 9.18. The van der Waals surface area contributed by atoms with Gasteiger partial charge in [0, 0.05) is 11.7 Å². The van der Waals surface area contributed by atoms with Crippen LogP contribution in [0.15, 0.2) is 23.4 Å². The lowest BCUT2D eigenvalue weighted by Crippen LogP contribution is -2.42. The van der Waals surface area contributed by atoms with Crippen molar-refractivity contribution in [2.45, 2.75) is 36.8 Å². The van der Waals surface area contributed by atoms with Gasteiger partial charge in [-0.2, -0.15) is 0 Å². The lowest BCUT2D eigenvalue weighted by molar-refractivity contribution is 0.182. The van der Waals surface area contributed by atoms with E-state index in [9.17, 15) is 5.11 Å². The third kappa shape index (κ3) is 4.84. The van der Waals surface area contributed by atoms with Gasteiger partial charge in [-0.15, -0.1) is 11.8 Å². The van der Waals surface area contributed by atoms with Crippen molar-refractivity contribution in [3.05, 3.63) is 23.4 Å². The molecular formula is C12H19ClN2OS. The highest BCUT2D eigenvalue weighted by Gasteiger charge is 2.20. The molecule has 1 aromatic heterocycles. The maximum Gasteiger partial charge on any atom is 0.115 e. The molecule has 0 fully saturated rings. The topological polar surface area (TPSA) is 59.1 Å². The second-order valence-corrected chi connectivity index (χ2v) is 5.61. The number of hydrogen-bond acceptors (Lipinski definition) is 4. The third-order valence-electron chi connectivity index (χ3n) is 2.80. The lowest BCUT2D eigenvalue weighted by atomic mass is 9.93. The molecule has 1 atom stereocenters. The van der Waals surface area contributed by atoms with E-state index in [0.29, 0.717) is 5.02 Å². The average Bonchev–Trinajstić information content (AvgIpc) is 2.36. The predicted molar refractivity (Wildman–Crippen MR) is 73.5 cm³/mol. The van der Waals surface area contributed by atoms with Crippen molar-refractivity contribution in [1.82, 2.24) is 4.98 Å². The molecule has 0 radical (unpaired) electrons. The fourth-order valence-electron chi connectivity index (χ4n) is 1.44. The largest absolute Gasteiger partial charge is 0.394 e. The number of halogens is 1. The molecule has 5 heteroatoms. The Balaban J connectivity index is 2.32. The fourth-order valence-corrected chi connectivity index (χ4v) is 2.55. The summed E-state index contributed by atoms with van der Waals surface area (Å²) in [5, 5.41) is 10.7. The molecule has 0 spiro atoms. The van der Waals surface area contributed by atoms with Crippen molar-refractivity contribution in [2.75, 3.05) is 12.4 Å². The van der Waals surface area contributed by atoms with Gasteiger partial charge in [-0.25, -0.2) is 4.98 Å². The summed E-state index contributed by atoms with van der Waals surface area (Å²) < 4.78 is 0. The first-order valence-electron chi connectivity index (χ1n) is 5.74. The summed E-state index contributed by atoms with van der Waals surface area (Å²) in [4.78, 5) is 4.20. The van der Waals surface area contributed by atoms with Crippen molar-refractivity contribution in [3.63, 3.8) is 0 Å². The van der Waals surface area contributed by atoms with Gasteiger partial charge >= 0.3 is 0 Å². The number of aliphatic hydroxyl groups excluding tert-OH is 1. The van der Waals surface area contributed by atoms with Crippen LogP contribution in [0.25, 0.3) is 0 Å². The Hall–Kier alpha value is -0.290. The molecule has 0 aliphatic rings. The summed E-state index contributed by atoms with van der Waals surface area (Å²) in [5.41, 5.74) is 5.57. The Labute approximate surface area is 112 Å². The minimum atomic E-state index is -0.436. The van der Waals surface area contributed by atoms with Gasteiger partial charge in [0.25, 0.3) is 0 Å². The van der Waals surface area contributed by atoms with Crippen LogP contribution in [0.1, 0.15) is 26.2 Å². The summed E-state index contributed by atoms with van der Waals surface area (Å²) in [5.74, 6) is 0.912. The van der Waals surface area contributed by atoms with Crippen LogP contribution in [0.4, 0.5) is 0 Å². The highest BCUT2D eigenvalue weighted by atomic mass is 35.5. The normalized spacial score (nSPS) is 14.6. The Kier molecular flexibility index (Phi) is 6.27. The lowest BCUT2D eigenvalue weighted by Gasteiger charge is -2.25. The van der Waals surface area contributed by atoms with Crippen molar-refractivity contribution in [2.24, 2.45) is 5.73 Å². The molecular weight excluding hydrogens is 256 g/mol. The van der Waals surface area contributed by atoms with E-state index < -0.39 is 5.54 Å². The molecule has 17 heavy (non-hydrogen) atoms. The zero-order chi connectivity index (χ0) is 12.7. The number of pyridine rings is 1. The van der Waals surface area contributed by atoms with E-state index in [2.05, 4.69) is 4.98 Å². The second kappa shape index (κ2) is 7.21. The average molecular weight is 275 g/mol. The first-order chi connectivity index (χ1) is 8.11. The van der Waals surface area contributed by atoms with Crippen LogP contribution in [0.2, 0.25) is 5.02 Å². The van der Waals surface area contributed by atoms with Crippen LogP contribution >= 0.6 is 23.4 Å². The molecule has 0 bridgehead atoms. The minimum absolute atomic E-state index is 0.0402. The number of aliphatic hydroxyl groups is 1. The molecule has 0 amide bonds. The first-order valence-corrected chi connectivity index (χ1v) is 7.11. The molecule has 0 aromatic carbocycles. The van der Waals surface area contributed by atoms with E-state index in [4.69, 9.17) is 17.3 Å². The smallest absolute Gasteiger partial charge is 0.115 e. The molecule has 1 heterocycles.